The number of benzene rings is 1. The van der Waals surface area contributed by atoms with Crippen molar-refractivity contribution in [2.75, 3.05) is 0 Å². The van der Waals surface area contributed by atoms with E-state index in [4.69, 9.17) is 5.26 Å². The largest absolute Gasteiger partial charge is 0.351 e. The number of nitrogens with one attached hydrogen (secondary N) is 1. The topological polar surface area (TPSA) is 76.7 Å². The smallest absolute Gasteiger partial charge is 0.240 e. The van der Waals surface area contributed by atoms with Crippen LogP contribution in [0.15, 0.2) is 24.3 Å². The van der Waals surface area contributed by atoms with Crippen molar-refractivity contribution in [1.29, 1.82) is 10.5 Å². The maximum Gasteiger partial charge on any atom is 0.240 e. The summed E-state index contributed by atoms with van der Waals surface area (Å²) in [5.41, 5.74) is 0.605. The fourth-order valence-electron chi connectivity index (χ4n) is 2.47. The van der Waals surface area contributed by atoms with Crippen LogP contribution in [-0.4, -0.2) is 5.91 Å². The van der Waals surface area contributed by atoms with Gasteiger partial charge in [0, 0.05) is 6.54 Å². The lowest BCUT2D eigenvalue weighted by Gasteiger charge is -2.19. The van der Waals surface area contributed by atoms with Crippen molar-refractivity contribution in [3.05, 3.63) is 35.4 Å². The molecule has 96 valence electrons. The van der Waals surface area contributed by atoms with Crippen molar-refractivity contribution < 1.29 is 4.79 Å². The lowest BCUT2D eigenvalue weighted by molar-refractivity contribution is -0.128. The van der Waals surface area contributed by atoms with Crippen LogP contribution in [0.4, 0.5) is 0 Å². The van der Waals surface area contributed by atoms with E-state index in [2.05, 4.69) is 17.5 Å². The fourth-order valence-corrected chi connectivity index (χ4v) is 2.47. The molecule has 0 heterocycles. The van der Waals surface area contributed by atoms with Crippen LogP contribution in [0.5, 0.6) is 0 Å². The number of rotatable bonds is 3. The molecule has 0 saturated heterocycles. The van der Waals surface area contributed by atoms with Crippen molar-refractivity contribution >= 4 is 5.91 Å². The summed E-state index contributed by atoms with van der Waals surface area (Å²) >= 11 is 0. The molecule has 1 aromatic rings. The van der Waals surface area contributed by atoms with Crippen molar-refractivity contribution in [1.82, 2.24) is 5.32 Å². The number of carbonyl (C=O) groups excluding carboxylic acids is 1. The predicted molar refractivity (Wildman–Crippen MR) is 69.5 cm³/mol. The van der Waals surface area contributed by atoms with E-state index in [1.165, 1.54) is 0 Å². The van der Waals surface area contributed by atoms with Crippen molar-refractivity contribution in [2.24, 2.45) is 5.41 Å². The molecule has 4 heteroatoms. The minimum atomic E-state index is -0.840. The van der Waals surface area contributed by atoms with E-state index in [0.29, 0.717) is 24.9 Å². The van der Waals surface area contributed by atoms with Gasteiger partial charge < -0.3 is 5.32 Å². The van der Waals surface area contributed by atoms with Gasteiger partial charge in [-0.05, 0) is 30.5 Å². The molecule has 0 radical (unpaired) electrons. The zero-order valence-electron chi connectivity index (χ0n) is 10.6. The first-order valence-electron chi connectivity index (χ1n) is 6.39. The molecule has 1 saturated carbocycles. The highest BCUT2D eigenvalue weighted by atomic mass is 16.2. The third-order valence-corrected chi connectivity index (χ3v) is 3.61. The number of amides is 1. The zero-order valence-corrected chi connectivity index (χ0v) is 10.6. The van der Waals surface area contributed by atoms with Gasteiger partial charge in [-0.3, -0.25) is 4.79 Å². The summed E-state index contributed by atoms with van der Waals surface area (Å²) < 4.78 is 0. The molecule has 1 aliphatic carbocycles. The zero-order chi connectivity index (χ0) is 13.7. The second-order valence-corrected chi connectivity index (χ2v) is 4.90. The average molecular weight is 253 g/mol. The third-order valence-electron chi connectivity index (χ3n) is 3.61. The van der Waals surface area contributed by atoms with Crippen LogP contribution >= 0.6 is 0 Å². The van der Waals surface area contributed by atoms with Gasteiger partial charge in [0.15, 0.2) is 0 Å². The van der Waals surface area contributed by atoms with E-state index in [9.17, 15) is 10.1 Å². The highest BCUT2D eigenvalue weighted by Gasteiger charge is 2.41. The SMILES string of the molecule is N#Cc1cccc(CNC(=O)C2(C#N)CCCC2)c1. The molecule has 0 bridgehead atoms. The van der Waals surface area contributed by atoms with Gasteiger partial charge in [0.1, 0.15) is 5.41 Å². The van der Waals surface area contributed by atoms with E-state index in [1.807, 2.05) is 6.07 Å². The Morgan fingerprint density at radius 1 is 1.32 bits per heavy atom. The Kier molecular flexibility index (Phi) is 3.82. The standard InChI is InChI=1S/C15H15N3O/c16-9-12-4-3-5-13(8-12)10-18-14(19)15(11-17)6-1-2-7-15/h3-5,8H,1-2,6-7,10H2,(H,18,19). The number of hydrogen-bond donors (Lipinski definition) is 1. The molecule has 0 atom stereocenters. The molecule has 1 N–H and O–H groups in total. The maximum absolute atomic E-state index is 12.1. The number of nitriles is 2. The minimum Gasteiger partial charge on any atom is -0.351 e. The lowest BCUT2D eigenvalue weighted by Crippen LogP contribution is -2.37. The molecule has 1 fully saturated rings. The molecule has 2 rings (SSSR count). The van der Waals surface area contributed by atoms with E-state index in [0.717, 1.165) is 18.4 Å². The van der Waals surface area contributed by atoms with Gasteiger partial charge in [-0.1, -0.05) is 25.0 Å². The van der Waals surface area contributed by atoms with Gasteiger partial charge in [0.25, 0.3) is 0 Å². The van der Waals surface area contributed by atoms with Crippen LogP contribution in [0.1, 0.15) is 36.8 Å². The van der Waals surface area contributed by atoms with Crippen molar-refractivity contribution in [3.8, 4) is 12.1 Å². The highest BCUT2D eigenvalue weighted by molar-refractivity contribution is 5.85. The molecular formula is C15H15N3O. The van der Waals surface area contributed by atoms with E-state index < -0.39 is 5.41 Å². The Hall–Kier alpha value is -2.33. The van der Waals surface area contributed by atoms with E-state index >= 15 is 0 Å². The Balaban J connectivity index is 2.01. The lowest BCUT2D eigenvalue weighted by atomic mass is 9.87. The van der Waals surface area contributed by atoms with Crippen LogP contribution in [0.25, 0.3) is 0 Å². The Labute approximate surface area is 112 Å². The predicted octanol–water partition coefficient (Wildman–Crippen LogP) is 2.26. The van der Waals surface area contributed by atoms with Gasteiger partial charge in [-0.25, -0.2) is 0 Å². The van der Waals surface area contributed by atoms with Gasteiger partial charge in [-0.15, -0.1) is 0 Å². The Morgan fingerprint density at radius 2 is 2.05 bits per heavy atom. The van der Waals surface area contributed by atoms with Crippen LogP contribution in [-0.2, 0) is 11.3 Å². The van der Waals surface area contributed by atoms with Crippen molar-refractivity contribution in [3.63, 3.8) is 0 Å². The van der Waals surface area contributed by atoms with Crippen LogP contribution in [0, 0.1) is 28.1 Å². The molecule has 0 aromatic heterocycles. The summed E-state index contributed by atoms with van der Waals surface area (Å²) in [6.07, 6.45) is 3.16. The molecule has 1 aromatic carbocycles. The molecule has 19 heavy (non-hydrogen) atoms. The normalized spacial score (nSPS) is 16.3. The maximum atomic E-state index is 12.1. The summed E-state index contributed by atoms with van der Waals surface area (Å²) in [7, 11) is 0. The summed E-state index contributed by atoms with van der Waals surface area (Å²) in [4.78, 5) is 12.1. The molecule has 0 aliphatic heterocycles. The van der Waals surface area contributed by atoms with E-state index in [1.54, 1.807) is 18.2 Å². The number of carbonyl (C=O) groups is 1. The summed E-state index contributed by atoms with van der Waals surface area (Å²) in [6, 6.07) is 11.3. The minimum absolute atomic E-state index is 0.185. The monoisotopic (exact) mass is 253 g/mol. The number of nitrogens with zero attached hydrogens (tertiary/aromatic N) is 2. The molecular weight excluding hydrogens is 238 g/mol. The summed E-state index contributed by atoms with van der Waals surface area (Å²) in [5, 5.41) is 20.8. The average Bonchev–Trinajstić information content (AvgIpc) is 2.95. The second-order valence-electron chi connectivity index (χ2n) is 4.90. The van der Waals surface area contributed by atoms with Crippen molar-refractivity contribution in [2.45, 2.75) is 32.2 Å². The molecule has 0 spiro atoms. The third kappa shape index (κ3) is 2.74. The van der Waals surface area contributed by atoms with Crippen LogP contribution in [0.2, 0.25) is 0 Å². The highest BCUT2D eigenvalue weighted by Crippen LogP contribution is 2.37. The molecule has 1 amide bonds. The summed E-state index contributed by atoms with van der Waals surface area (Å²) in [5.74, 6) is -0.185. The second kappa shape index (κ2) is 5.54. The summed E-state index contributed by atoms with van der Waals surface area (Å²) in [6.45, 7) is 0.359. The molecule has 4 nitrogen and oxygen atoms in total. The van der Waals surface area contributed by atoms with E-state index in [-0.39, 0.29) is 5.91 Å². The first kappa shape index (κ1) is 13.1. The fraction of sp³-hybridized carbons (Fsp3) is 0.400. The Morgan fingerprint density at radius 3 is 2.68 bits per heavy atom. The Bertz CT molecular complexity index is 559. The first-order valence-corrected chi connectivity index (χ1v) is 6.39. The van der Waals surface area contributed by atoms with Crippen LogP contribution < -0.4 is 5.32 Å². The van der Waals surface area contributed by atoms with Crippen LogP contribution in [0.3, 0.4) is 0 Å². The van der Waals surface area contributed by atoms with Gasteiger partial charge >= 0.3 is 0 Å². The quantitative estimate of drug-likeness (QED) is 0.897. The molecule has 0 unspecified atom stereocenters. The molecule has 1 aliphatic rings. The van der Waals surface area contributed by atoms with Gasteiger partial charge in [0.2, 0.25) is 5.91 Å². The number of hydrogen-bond acceptors (Lipinski definition) is 3. The first-order chi connectivity index (χ1) is 9.20. The van der Waals surface area contributed by atoms with Gasteiger partial charge in [0.05, 0.1) is 17.7 Å². The van der Waals surface area contributed by atoms with Gasteiger partial charge in [-0.2, -0.15) is 10.5 Å².